The molecule has 0 saturated heterocycles. The van der Waals surface area contributed by atoms with Gasteiger partial charge in [0.15, 0.2) is 0 Å². The number of rotatable bonds is 0. The fourth-order valence-corrected chi connectivity index (χ4v) is 2.25. The van der Waals surface area contributed by atoms with Gasteiger partial charge in [0.05, 0.1) is 6.10 Å². The second kappa shape index (κ2) is 2.99. The molecule has 0 bridgehead atoms. The lowest BCUT2D eigenvalue weighted by molar-refractivity contribution is 0.0830. The molecule has 2 rings (SSSR count). The van der Waals surface area contributed by atoms with E-state index in [0.717, 1.165) is 18.4 Å². The van der Waals surface area contributed by atoms with Gasteiger partial charge in [-0.05, 0) is 36.1 Å². The van der Waals surface area contributed by atoms with Gasteiger partial charge in [0.25, 0.3) is 0 Å². The van der Waals surface area contributed by atoms with Crippen LogP contribution in [0.15, 0.2) is 18.2 Å². The topological polar surface area (TPSA) is 40.5 Å². The van der Waals surface area contributed by atoms with Crippen LogP contribution in [0.1, 0.15) is 31.4 Å². The van der Waals surface area contributed by atoms with Gasteiger partial charge in [-0.1, -0.05) is 19.9 Å². The van der Waals surface area contributed by atoms with Crippen molar-refractivity contribution in [2.45, 2.75) is 38.2 Å². The Morgan fingerprint density at radius 2 is 2.07 bits per heavy atom. The molecule has 76 valence electrons. The van der Waals surface area contributed by atoms with E-state index >= 15 is 0 Å². The van der Waals surface area contributed by atoms with E-state index in [-0.39, 0.29) is 11.5 Å². The number of phenols is 1. The predicted octanol–water partition coefficient (Wildman–Crippen LogP) is 1.98. The van der Waals surface area contributed by atoms with Crippen molar-refractivity contribution in [1.82, 2.24) is 0 Å². The van der Waals surface area contributed by atoms with E-state index in [1.54, 1.807) is 6.07 Å². The maximum absolute atomic E-state index is 9.89. The molecular weight excluding hydrogens is 176 g/mol. The zero-order chi connectivity index (χ0) is 10.3. The van der Waals surface area contributed by atoms with Crippen LogP contribution in [-0.4, -0.2) is 16.3 Å². The maximum atomic E-state index is 9.89. The van der Waals surface area contributed by atoms with Gasteiger partial charge in [0.1, 0.15) is 5.75 Å². The Morgan fingerprint density at radius 3 is 2.79 bits per heavy atom. The van der Waals surface area contributed by atoms with Crippen molar-refractivity contribution in [2.75, 3.05) is 0 Å². The minimum absolute atomic E-state index is 0.193. The zero-order valence-corrected chi connectivity index (χ0v) is 8.62. The number of phenolic OH excluding ortho intramolecular Hbond substituents is 1. The fourth-order valence-electron chi connectivity index (χ4n) is 2.25. The first kappa shape index (κ1) is 9.53. The first-order valence-electron chi connectivity index (χ1n) is 5.02. The largest absolute Gasteiger partial charge is 0.508 e. The third kappa shape index (κ3) is 1.30. The van der Waals surface area contributed by atoms with Crippen LogP contribution in [0, 0.1) is 0 Å². The average molecular weight is 192 g/mol. The lowest BCUT2D eigenvalue weighted by Gasteiger charge is -2.37. The molecule has 1 atom stereocenters. The van der Waals surface area contributed by atoms with E-state index in [1.807, 2.05) is 26.0 Å². The van der Waals surface area contributed by atoms with Crippen LogP contribution >= 0.6 is 0 Å². The molecule has 1 aromatic carbocycles. The second-order valence-corrected chi connectivity index (χ2v) is 4.62. The van der Waals surface area contributed by atoms with E-state index in [4.69, 9.17) is 0 Å². The minimum atomic E-state index is -0.278. The Labute approximate surface area is 84.2 Å². The lowest BCUT2D eigenvalue weighted by atomic mass is 9.71. The Kier molecular flexibility index (Phi) is 2.04. The minimum Gasteiger partial charge on any atom is -0.508 e. The first-order chi connectivity index (χ1) is 6.51. The van der Waals surface area contributed by atoms with Crippen LogP contribution in [0.4, 0.5) is 0 Å². The first-order valence-corrected chi connectivity index (χ1v) is 5.02. The van der Waals surface area contributed by atoms with Crippen molar-refractivity contribution < 1.29 is 10.2 Å². The zero-order valence-electron chi connectivity index (χ0n) is 8.62. The van der Waals surface area contributed by atoms with Crippen LogP contribution in [0.2, 0.25) is 0 Å². The van der Waals surface area contributed by atoms with E-state index < -0.39 is 0 Å². The van der Waals surface area contributed by atoms with Gasteiger partial charge in [-0.25, -0.2) is 0 Å². The van der Waals surface area contributed by atoms with Crippen molar-refractivity contribution >= 4 is 0 Å². The smallest absolute Gasteiger partial charge is 0.115 e. The molecule has 0 amide bonds. The van der Waals surface area contributed by atoms with Crippen LogP contribution in [-0.2, 0) is 11.8 Å². The van der Waals surface area contributed by atoms with E-state index in [9.17, 15) is 10.2 Å². The normalized spacial score (nSPS) is 24.4. The number of fused-ring (bicyclic) bond motifs is 1. The molecule has 0 saturated carbocycles. The number of benzene rings is 1. The van der Waals surface area contributed by atoms with Gasteiger partial charge in [0.2, 0.25) is 0 Å². The molecule has 2 N–H and O–H groups in total. The average Bonchev–Trinajstić information content (AvgIpc) is 2.12. The number of aromatic hydroxyl groups is 1. The summed E-state index contributed by atoms with van der Waals surface area (Å²) in [6.07, 6.45) is 1.36. The summed E-state index contributed by atoms with van der Waals surface area (Å²) in [7, 11) is 0. The Bertz CT molecular complexity index is 355. The number of aryl methyl sites for hydroxylation is 1. The molecule has 0 aliphatic heterocycles. The molecule has 2 nitrogen and oxygen atoms in total. The molecule has 1 aromatic rings. The number of hydrogen-bond acceptors (Lipinski definition) is 2. The van der Waals surface area contributed by atoms with Gasteiger partial charge in [-0.3, -0.25) is 0 Å². The van der Waals surface area contributed by atoms with Gasteiger partial charge in [0, 0.05) is 5.41 Å². The monoisotopic (exact) mass is 192 g/mol. The van der Waals surface area contributed by atoms with Crippen molar-refractivity contribution in [1.29, 1.82) is 0 Å². The van der Waals surface area contributed by atoms with Crippen LogP contribution in [0.5, 0.6) is 5.75 Å². The molecule has 1 unspecified atom stereocenters. The summed E-state index contributed by atoms with van der Waals surface area (Å²) < 4.78 is 0. The second-order valence-electron chi connectivity index (χ2n) is 4.62. The summed E-state index contributed by atoms with van der Waals surface area (Å²) >= 11 is 0. The molecule has 0 radical (unpaired) electrons. The third-order valence-corrected chi connectivity index (χ3v) is 3.30. The molecule has 0 fully saturated rings. The Morgan fingerprint density at radius 1 is 1.36 bits per heavy atom. The number of aliphatic hydroxyl groups excluding tert-OH is 1. The van der Waals surface area contributed by atoms with Crippen molar-refractivity contribution in [3.05, 3.63) is 29.3 Å². The summed E-state index contributed by atoms with van der Waals surface area (Å²) in [6, 6.07) is 5.43. The highest BCUT2D eigenvalue weighted by Gasteiger charge is 2.35. The standard InChI is InChI=1S/C12H16O2/c1-12(2)10-5-4-9(13)7-8(10)3-6-11(12)14/h4-5,7,11,13-14H,3,6H2,1-2H3. The molecular formula is C12H16O2. The van der Waals surface area contributed by atoms with E-state index in [2.05, 4.69) is 0 Å². The molecule has 14 heavy (non-hydrogen) atoms. The van der Waals surface area contributed by atoms with Gasteiger partial charge >= 0.3 is 0 Å². The molecule has 0 spiro atoms. The highest BCUT2D eigenvalue weighted by Crippen LogP contribution is 2.38. The van der Waals surface area contributed by atoms with Crippen LogP contribution in [0.25, 0.3) is 0 Å². The summed E-state index contributed by atoms with van der Waals surface area (Å²) in [5.74, 6) is 0.316. The van der Waals surface area contributed by atoms with Crippen molar-refractivity contribution in [3.8, 4) is 5.75 Å². The summed E-state index contributed by atoms with van der Waals surface area (Å²) in [4.78, 5) is 0. The maximum Gasteiger partial charge on any atom is 0.115 e. The summed E-state index contributed by atoms with van der Waals surface area (Å²) in [6.45, 7) is 4.10. The summed E-state index contributed by atoms with van der Waals surface area (Å²) in [5.41, 5.74) is 2.13. The molecule has 1 aliphatic rings. The summed E-state index contributed by atoms with van der Waals surface area (Å²) in [5, 5.41) is 19.3. The van der Waals surface area contributed by atoms with Gasteiger partial charge in [-0.15, -0.1) is 0 Å². The Hall–Kier alpha value is -1.02. The molecule has 0 aromatic heterocycles. The fraction of sp³-hybridized carbons (Fsp3) is 0.500. The quantitative estimate of drug-likeness (QED) is 0.660. The van der Waals surface area contributed by atoms with Crippen molar-refractivity contribution in [3.63, 3.8) is 0 Å². The third-order valence-electron chi connectivity index (χ3n) is 3.30. The van der Waals surface area contributed by atoms with Gasteiger partial charge < -0.3 is 10.2 Å². The Balaban J connectivity index is 2.53. The highest BCUT2D eigenvalue weighted by molar-refractivity contribution is 5.41. The molecule has 0 heterocycles. The number of hydrogen-bond donors (Lipinski definition) is 2. The van der Waals surface area contributed by atoms with Crippen LogP contribution in [0.3, 0.4) is 0 Å². The molecule has 2 heteroatoms. The van der Waals surface area contributed by atoms with Crippen LogP contribution < -0.4 is 0 Å². The molecule has 1 aliphatic carbocycles. The number of aliphatic hydroxyl groups is 1. The van der Waals surface area contributed by atoms with Crippen molar-refractivity contribution in [2.24, 2.45) is 0 Å². The highest BCUT2D eigenvalue weighted by atomic mass is 16.3. The SMILES string of the molecule is CC1(C)c2ccc(O)cc2CCC1O. The van der Waals surface area contributed by atoms with E-state index in [1.165, 1.54) is 5.56 Å². The predicted molar refractivity (Wildman–Crippen MR) is 55.5 cm³/mol. The van der Waals surface area contributed by atoms with Gasteiger partial charge in [-0.2, -0.15) is 0 Å². The lowest BCUT2D eigenvalue weighted by Crippen LogP contribution is -2.38. The van der Waals surface area contributed by atoms with E-state index in [0.29, 0.717) is 5.75 Å².